The molecule has 0 heterocycles. The third kappa shape index (κ3) is 4.06. The summed E-state index contributed by atoms with van der Waals surface area (Å²) in [5.41, 5.74) is 2.37. The number of fused-ring (bicyclic) bond motifs is 1. The van der Waals surface area contributed by atoms with Crippen molar-refractivity contribution in [2.75, 3.05) is 0 Å². The molecule has 1 atom stereocenters. The SMILES string of the molecule is CCCCC(Cc1ccc2ccccc2c1)c1ccc(C#N)c(F)c1. The molecule has 3 rings (SSSR count). The highest BCUT2D eigenvalue weighted by atomic mass is 19.1. The first kappa shape index (κ1) is 17.2. The van der Waals surface area contributed by atoms with Crippen LogP contribution in [0.3, 0.4) is 0 Å². The second kappa shape index (κ2) is 7.94. The summed E-state index contributed by atoms with van der Waals surface area (Å²) in [5.74, 6) is -0.150. The Morgan fingerprint density at radius 1 is 1.00 bits per heavy atom. The summed E-state index contributed by atoms with van der Waals surface area (Å²) >= 11 is 0. The topological polar surface area (TPSA) is 23.8 Å². The number of hydrogen-bond acceptors (Lipinski definition) is 1. The van der Waals surface area contributed by atoms with Gasteiger partial charge in [0.15, 0.2) is 0 Å². The molecule has 0 N–H and O–H groups in total. The predicted molar refractivity (Wildman–Crippen MR) is 101 cm³/mol. The molecular formula is C23H22FN. The largest absolute Gasteiger partial charge is 0.206 e. The van der Waals surface area contributed by atoms with Crippen LogP contribution in [0.15, 0.2) is 60.7 Å². The molecule has 0 aliphatic rings. The highest BCUT2D eigenvalue weighted by molar-refractivity contribution is 5.83. The summed E-state index contributed by atoms with van der Waals surface area (Å²) in [4.78, 5) is 0. The molecule has 1 unspecified atom stereocenters. The maximum atomic E-state index is 14.1. The van der Waals surface area contributed by atoms with E-state index in [0.717, 1.165) is 31.2 Å². The van der Waals surface area contributed by atoms with Crippen LogP contribution >= 0.6 is 0 Å². The summed E-state index contributed by atoms with van der Waals surface area (Å²) in [6.45, 7) is 2.17. The van der Waals surface area contributed by atoms with Gasteiger partial charge in [-0.05, 0) is 52.8 Å². The Balaban J connectivity index is 1.89. The van der Waals surface area contributed by atoms with E-state index in [0.29, 0.717) is 0 Å². The van der Waals surface area contributed by atoms with Gasteiger partial charge in [0.2, 0.25) is 0 Å². The Labute approximate surface area is 148 Å². The molecule has 0 saturated heterocycles. The average Bonchev–Trinajstić information content (AvgIpc) is 2.65. The zero-order chi connectivity index (χ0) is 17.6. The second-order valence-corrected chi connectivity index (χ2v) is 6.58. The van der Waals surface area contributed by atoms with Crippen molar-refractivity contribution >= 4 is 10.8 Å². The van der Waals surface area contributed by atoms with E-state index in [1.54, 1.807) is 12.1 Å². The molecule has 0 aromatic heterocycles. The highest BCUT2D eigenvalue weighted by Crippen LogP contribution is 2.29. The molecule has 0 amide bonds. The van der Waals surface area contributed by atoms with Gasteiger partial charge in [0.1, 0.15) is 11.9 Å². The first-order valence-electron chi connectivity index (χ1n) is 8.88. The number of benzene rings is 3. The van der Waals surface area contributed by atoms with Crippen LogP contribution in [0.5, 0.6) is 0 Å². The standard InChI is InChI=1S/C23H22FN/c1-2-3-6-20(21-11-12-22(16-25)23(24)15-21)14-17-9-10-18-7-4-5-8-19(18)13-17/h4-5,7-13,15,20H,2-3,6,14H2,1H3. The predicted octanol–water partition coefficient (Wildman–Crippen LogP) is 6.37. The smallest absolute Gasteiger partial charge is 0.141 e. The highest BCUT2D eigenvalue weighted by Gasteiger charge is 2.15. The lowest BCUT2D eigenvalue weighted by Gasteiger charge is -2.18. The fourth-order valence-electron chi connectivity index (χ4n) is 3.36. The molecule has 0 aliphatic carbocycles. The molecule has 126 valence electrons. The van der Waals surface area contributed by atoms with E-state index >= 15 is 0 Å². The fraction of sp³-hybridized carbons (Fsp3) is 0.261. The number of rotatable bonds is 6. The van der Waals surface area contributed by atoms with Crippen molar-refractivity contribution in [2.45, 2.75) is 38.5 Å². The van der Waals surface area contributed by atoms with Gasteiger partial charge in [-0.15, -0.1) is 0 Å². The number of hydrogen-bond donors (Lipinski definition) is 0. The quantitative estimate of drug-likeness (QED) is 0.515. The molecule has 0 saturated carbocycles. The Hall–Kier alpha value is -2.66. The summed E-state index contributed by atoms with van der Waals surface area (Å²) in [6.07, 6.45) is 4.14. The molecule has 3 aromatic rings. The van der Waals surface area contributed by atoms with Gasteiger partial charge in [0.25, 0.3) is 0 Å². The van der Waals surface area contributed by atoms with Gasteiger partial charge < -0.3 is 0 Å². The lowest BCUT2D eigenvalue weighted by molar-refractivity contribution is 0.570. The van der Waals surface area contributed by atoms with Crippen LogP contribution in [0.1, 0.15) is 48.8 Å². The van der Waals surface area contributed by atoms with Gasteiger partial charge in [-0.1, -0.05) is 68.3 Å². The van der Waals surface area contributed by atoms with Crippen molar-refractivity contribution in [2.24, 2.45) is 0 Å². The van der Waals surface area contributed by atoms with E-state index in [-0.39, 0.29) is 11.5 Å². The third-order valence-corrected chi connectivity index (χ3v) is 4.79. The second-order valence-electron chi connectivity index (χ2n) is 6.58. The molecule has 0 fully saturated rings. The molecule has 1 nitrogen and oxygen atoms in total. The van der Waals surface area contributed by atoms with Crippen LogP contribution in [0, 0.1) is 17.1 Å². The van der Waals surface area contributed by atoms with Gasteiger partial charge in [-0.2, -0.15) is 5.26 Å². The Bertz CT molecular complexity index is 907. The molecular weight excluding hydrogens is 309 g/mol. The normalized spacial score (nSPS) is 12.0. The van der Waals surface area contributed by atoms with E-state index in [1.807, 2.05) is 18.2 Å². The molecule has 0 aliphatic heterocycles. The zero-order valence-electron chi connectivity index (χ0n) is 14.5. The molecule has 3 aromatic carbocycles. The average molecular weight is 331 g/mol. The number of halogens is 1. The van der Waals surface area contributed by atoms with E-state index in [9.17, 15) is 4.39 Å². The van der Waals surface area contributed by atoms with Crippen molar-refractivity contribution in [1.82, 2.24) is 0 Å². The van der Waals surface area contributed by atoms with E-state index < -0.39 is 5.82 Å². The minimum absolute atomic E-state index is 0.115. The lowest BCUT2D eigenvalue weighted by atomic mass is 9.87. The van der Waals surface area contributed by atoms with Crippen LogP contribution in [0.2, 0.25) is 0 Å². The van der Waals surface area contributed by atoms with E-state index in [1.165, 1.54) is 16.3 Å². The van der Waals surface area contributed by atoms with Crippen molar-refractivity contribution in [3.8, 4) is 6.07 Å². The lowest BCUT2D eigenvalue weighted by Crippen LogP contribution is -2.04. The fourth-order valence-corrected chi connectivity index (χ4v) is 3.36. The molecule has 0 spiro atoms. The van der Waals surface area contributed by atoms with Crippen molar-refractivity contribution in [1.29, 1.82) is 5.26 Å². The van der Waals surface area contributed by atoms with Gasteiger partial charge in [-0.25, -0.2) is 4.39 Å². The van der Waals surface area contributed by atoms with Gasteiger partial charge in [0.05, 0.1) is 5.56 Å². The maximum absolute atomic E-state index is 14.1. The minimum Gasteiger partial charge on any atom is -0.206 e. The zero-order valence-corrected chi connectivity index (χ0v) is 14.5. The van der Waals surface area contributed by atoms with Crippen LogP contribution in [-0.4, -0.2) is 0 Å². The van der Waals surface area contributed by atoms with Crippen molar-refractivity contribution < 1.29 is 4.39 Å². The summed E-state index contributed by atoms with van der Waals surface area (Å²) in [6, 6.07) is 21.8. The van der Waals surface area contributed by atoms with Crippen molar-refractivity contribution in [3.05, 3.63) is 83.2 Å². The molecule has 0 bridgehead atoms. The van der Waals surface area contributed by atoms with Gasteiger partial charge in [0, 0.05) is 0 Å². The van der Waals surface area contributed by atoms with Crippen LogP contribution in [0.25, 0.3) is 10.8 Å². The number of unbranched alkanes of at least 4 members (excludes halogenated alkanes) is 1. The number of nitriles is 1. The Morgan fingerprint density at radius 3 is 2.52 bits per heavy atom. The van der Waals surface area contributed by atoms with E-state index in [4.69, 9.17) is 5.26 Å². The van der Waals surface area contributed by atoms with Gasteiger partial charge >= 0.3 is 0 Å². The van der Waals surface area contributed by atoms with Gasteiger partial charge in [-0.3, -0.25) is 0 Å². The first-order valence-corrected chi connectivity index (χ1v) is 8.88. The first-order chi connectivity index (χ1) is 12.2. The maximum Gasteiger partial charge on any atom is 0.141 e. The van der Waals surface area contributed by atoms with Crippen LogP contribution < -0.4 is 0 Å². The Morgan fingerprint density at radius 2 is 1.80 bits per heavy atom. The van der Waals surface area contributed by atoms with Crippen LogP contribution in [0.4, 0.5) is 4.39 Å². The van der Waals surface area contributed by atoms with E-state index in [2.05, 4.69) is 43.3 Å². The minimum atomic E-state index is -0.417. The van der Waals surface area contributed by atoms with Crippen molar-refractivity contribution in [3.63, 3.8) is 0 Å². The summed E-state index contributed by atoms with van der Waals surface area (Å²) in [7, 11) is 0. The molecule has 0 radical (unpaired) electrons. The summed E-state index contributed by atoms with van der Waals surface area (Å²) < 4.78 is 14.1. The molecule has 2 heteroatoms. The monoisotopic (exact) mass is 331 g/mol. The van der Waals surface area contributed by atoms with Crippen LogP contribution in [-0.2, 0) is 6.42 Å². The molecule has 25 heavy (non-hydrogen) atoms. The number of nitrogens with zero attached hydrogens (tertiary/aromatic N) is 1. The Kier molecular flexibility index (Phi) is 5.46. The third-order valence-electron chi connectivity index (χ3n) is 4.79. The summed E-state index contributed by atoms with van der Waals surface area (Å²) in [5, 5.41) is 11.4.